The van der Waals surface area contributed by atoms with Gasteiger partial charge in [0.2, 0.25) is 0 Å². The molecular formula is C10H13NO2S. The van der Waals surface area contributed by atoms with Crippen molar-refractivity contribution in [2.24, 2.45) is 5.92 Å². The van der Waals surface area contributed by atoms with Crippen molar-refractivity contribution in [3.05, 3.63) is 16.1 Å². The Kier molecular flexibility index (Phi) is 2.54. The SMILES string of the molecule is Cc1ncc(C(CC(=O)O)C2CC2)s1. The standard InChI is InChI=1S/C10H13NO2S/c1-6-11-5-9(14-6)8(4-10(12)13)7-2-3-7/h5,7-8H,2-4H2,1H3,(H,12,13). The average molecular weight is 211 g/mol. The fourth-order valence-electron chi connectivity index (χ4n) is 1.74. The molecule has 0 spiro atoms. The molecule has 1 atom stereocenters. The van der Waals surface area contributed by atoms with Crippen molar-refractivity contribution in [3.8, 4) is 0 Å². The summed E-state index contributed by atoms with van der Waals surface area (Å²) in [6.45, 7) is 1.96. The lowest BCUT2D eigenvalue weighted by molar-refractivity contribution is -0.137. The number of nitrogens with zero attached hydrogens (tertiary/aromatic N) is 1. The number of carboxylic acids is 1. The molecule has 0 aromatic carbocycles. The highest BCUT2D eigenvalue weighted by atomic mass is 32.1. The molecule has 4 heteroatoms. The molecule has 1 fully saturated rings. The Morgan fingerprint density at radius 1 is 1.79 bits per heavy atom. The van der Waals surface area contributed by atoms with E-state index in [-0.39, 0.29) is 12.3 Å². The molecule has 1 saturated carbocycles. The Balaban J connectivity index is 2.13. The largest absolute Gasteiger partial charge is 0.481 e. The van der Waals surface area contributed by atoms with E-state index in [1.165, 1.54) is 12.8 Å². The van der Waals surface area contributed by atoms with E-state index in [0.29, 0.717) is 5.92 Å². The first kappa shape index (κ1) is 9.65. The molecule has 1 aromatic heterocycles. The molecule has 0 radical (unpaired) electrons. The average Bonchev–Trinajstić information content (AvgIpc) is 2.85. The number of thiazole rings is 1. The van der Waals surface area contributed by atoms with Crippen molar-refractivity contribution < 1.29 is 9.90 Å². The predicted molar refractivity (Wildman–Crippen MR) is 54.6 cm³/mol. The maximum Gasteiger partial charge on any atom is 0.304 e. The number of rotatable bonds is 4. The van der Waals surface area contributed by atoms with Gasteiger partial charge < -0.3 is 5.11 Å². The van der Waals surface area contributed by atoms with Crippen molar-refractivity contribution in [1.29, 1.82) is 0 Å². The molecule has 3 nitrogen and oxygen atoms in total. The number of aromatic nitrogens is 1. The number of carboxylic acid groups (broad SMARTS) is 1. The van der Waals surface area contributed by atoms with Gasteiger partial charge in [-0.05, 0) is 25.7 Å². The molecule has 1 N–H and O–H groups in total. The Hall–Kier alpha value is -0.900. The van der Waals surface area contributed by atoms with Gasteiger partial charge in [-0.3, -0.25) is 4.79 Å². The van der Waals surface area contributed by atoms with Crippen LogP contribution in [-0.4, -0.2) is 16.1 Å². The fraction of sp³-hybridized carbons (Fsp3) is 0.600. The first-order valence-electron chi connectivity index (χ1n) is 4.81. The van der Waals surface area contributed by atoms with Crippen LogP contribution in [0.5, 0.6) is 0 Å². The molecule has 0 aliphatic heterocycles. The Morgan fingerprint density at radius 3 is 2.93 bits per heavy atom. The van der Waals surface area contributed by atoms with Crippen molar-refractivity contribution in [2.45, 2.75) is 32.1 Å². The van der Waals surface area contributed by atoms with E-state index in [1.54, 1.807) is 11.3 Å². The van der Waals surface area contributed by atoms with Crippen molar-refractivity contribution in [3.63, 3.8) is 0 Å². The van der Waals surface area contributed by atoms with Crippen LogP contribution in [0.15, 0.2) is 6.20 Å². The Bertz CT molecular complexity index is 344. The third-order valence-electron chi connectivity index (χ3n) is 2.59. The molecule has 1 aromatic rings. The second kappa shape index (κ2) is 3.69. The van der Waals surface area contributed by atoms with Crippen molar-refractivity contribution >= 4 is 17.3 Å². The molecule has 76 valence electrons. The maximum atomic E-state index is 10.7. The number of hydrogen-bond acceptors (Lipinski definition) is 3. The molecular weight excluding hydrogens is 198 g/mol. The molecule has 1 unspecified atom stereocenters. The van der Waals surface area contributed by atoms with Gasteiger partial charge in [-0.2, -0.15) is 0 Å². The third kappa shape index (κ3) is 2.12. The second-order valence-corrected chi connectivity index (χ2v) is 5.09. The number of hydrogen-bond donors (Lipinski definition) is 1. The van der Waals surface area contributed by atoms with Gasteiger partial charge in [0.05, 0.1) is 11.4 Å². The van der Waals surface area contributed by atoms with Gasteiger partial charge in [-0.25, -0.2) is 4.98 Å². The van der Waals surface area contributed by atoms with Crippen LogP contribution >= 0.6 is 11.3 Å². The van der Waals surface area contributed by atoms with Crippen LogP contribution in [0.1, 0.15) is 35.1 Å². The summed E-state index contributed by atoms with van der Waals surface area (Å²) in [5.74, 6) is 0.0950. The molecule has 1 aliphatic carbocycles. The summed E-state index contributed by atoms with van der Waals surface area (Å²) in [7, 11) is 0. The van der Waals surface area contributed by atoms with Crippen LogP contribution in [0.25, 0.3) is 0 Å². The van der Waals surface area contributed by atoms with Crippen LogP contribution in [0.3, 0.4) is 0 Å². The molecule has 14 heavy (non-hydrogen) atoms. The number of aryl methyl sites for hydroxylation is 1. The fourth-order valence-corrected chi connectivity index (χ4v) is 2.71. The predicted octanol–water partition coefficient (Wildman–Crippen LogP) is 2.42. The lowest BCUT2D eigenvalue weighted by Crippen LogP contribution is -2.06. The third-order valence-corrected chi connectivity index (χ3v) is 3.63. The van der Waals surface area contributed by atoms with Crippen molar-refractivity contribution in [1.82, 2.24) is 4.98 Å². The summed E-state index contributed by atoms with van der Waals surface area (Å²) in [6, 6.07) is 0. The van der Waals surface area contributed by atoms with Crippen LogP contribution in [0, 0.1) is 12.8 Å². The molecule has 2 rings (SSSR count). The smallest absolute Gasteiger partial charge is 0.304 e. The maximum absolute atomic E-state index is 10.7. The van der Waals surface area contributed by atoms with Gasteiger partial charge in [-0.1, -0.05) is 0 Å². The first-order valence-corrected chi connectivity index (χ1v) is 5.62. The van der Waals surface area contributed by atoms with Gasteiger partial charge in [0.25, 0.3) is 0 Å². The highest BCUT2D eigenvalue weighted by molar-refractivity contribution is 7.11. The van der Waals surface area contributed by atoms with Gasteiger partial charge in [0.15, 0.2) is 0 Å². The van der Waals surface area contributed by atoms with E-state index in [1.807, 2.05) is 13.1 Å². The lowest BCUT2D eigenvalue weighted by Gasteiger charge is -2.10. The summed E-state index contributed by atoms with van der Waals surface area (Å²) in [4.78, 5) is 16.0. The minimum Gasteiger partial charge on any atom is -0.481 e. The Labute approximate surface area is 86.8 Å². The first-order chi connectivity index (χ1) is 6.66. The van der Waals surface area contributed by atoms with Crippen LogP contribution in [-0.2, 0) is 4.79 Å². The van der Waals surface area contributed by atoms with Crippen molar-refractivity contribution in [2.75, 3.05) is 0 Å². The molecule has 1 heterocycles. The van der Waals surface area contributed by atoms with Gasteiger partial charge >= 0.3 is 5.97 Å². The van der Waals surface area contributed by atoms with E-state index >= 15 is 0 Å². The van der Waals surface area contributed by atoms with E-state index in [0.717, 1.165) is 9.88 Å². The number of carbonyl (C=O) groups is 1. The molecule has 0 saturated heterocycles. The van der Waals surface area contributed by atoms with Crippen LogP contribution < -0.4 is 0 Å². The minimum atomic E-state index is -0.701. The zero-order valence-corrected chi connectivity index (χ0v) is 8.88. The summed E-state index contributed by atoms with van der Waals surface area (Å²) in [5.41, 5.74) is 0. The molecule has 1 aliphatic rings. The summed E-state index contributed by atoms with van der Waals surface area (Å²) < 4.78 is 0. The Morgan fingerprint density at radius 2 is 2.50 bits per heavy atom. The quantitative estimate of drug-likeness (QED) is 0.832. The highest BCUT2D eigenvalue weighted by Gasteiger charge is 2.34. The highest BCUT2D eigenvalue weighted by Crippen LogP contribution is 2.45. The van der Waals surface area contributed by atoms with Gasteiger partial charge in [0, 0.05) is 17.0 Å². The second-order valence-electron chi connectivity index (χ2n) is 3.82. The summed E-state index contributed by atoms with van der Waals surface area (Å²) >= 11 is 1.63. The molecule has 0 amide bonds. The van der Waals surface area contributed by atoms with E-state index in [9.17, 15) is 4.79 Å². The van der Waals surface area contributed by atoms with Gasteiger partial charge in [0.1, 0.15) is 0 Å². The monoisotopic (exact) mass is 211 g/mol. The minimum absolute atomic E-state index is 0.207. The summed E-state index contributed by atoms with van der Waals surface area (Å²) in [6.07, 6.45) is 4.45. The molecule has 0 bridgehead atoms. The van der Waals surface area contributed by atoms with E-state index < -0.39 is 5.97 Å². The van der Waals surface area contributed by atoms with Crippen LogP contribution in [0.2, 0.25) is 0 Å². The lowest BCUT2D eigenvalue weighted by atomic mass is 9.99. The topological polar surface area (TPSA) is 50.2 Å². The van der Waals surface area contributed by atoms with Gasteiger partial charge in [-0.15, -0.1) is 11.3 Å². The number of aliphatic carboxylic acids is 1. The summed E-state index contributed by atoms with van der Waals surface area (Å²) in [5, 5.41) is 9.84. The van der Waals surface area contributed by atoms with E-state index in [2.05, 4.69) is 4.98 Å². The zero-order valence-electron chi connectivity index (χ0n) is 8.06. The van der Waals surface area contributed by atoms with E-state index in [4.69, 9.17) is 5.11 Å². The normalized spacial score (nSPS) is 18.1. The van der Waals surface area contributed by atoms with Crippen LogP contribution in [0.4, 0.5) is 0 Å². The zero-order chi connectivity index (χ0) is 10.1.